The zero-order chi connectivity index (χ0) is 11.8. The minimum Gasteiger partial charge on any atom is -0.507 e. The molecule has 3 aromatic rings. The monoisotopic (exact) mass is 229 g/mol. The van der Waals surface area contributed by atoms with E-state index in [1.54, 1.807) is 18.2 Å². The summed E-state index contributed by atoms with van der Waals surface area (Å²) in [6, 6.07) is 7.86. The molecule has 0 fully saturated rings. The zero-order valence-electron chi connectivity index (χ0n) is 8.57. The Kier molecular flexibility index (Phi) is 1.94. The lowest BCUT2D eigenvalue weighted by Crippen LogP contribution is -2.12. The number of phenols is 1. The van der Waals surface area contributed by atoms with Crippen LogP contribution in [0.4, 0.5) is 0 Å². The van der Waals surface area contributed by atoms with Gasteiger partial charge in [-0.15, -0.1) is 9.61 Å². The van der Waals surface area contributed by atoms with E-state index in [4.69, 9.17) is 4.42 Å². The number of hydrogen-bond donors (Lipinski definition) is 1. The van der Waals surface area contributed by atoms with E-state index in [2.05, 4.69) is 10.1 Å². The summed E-state index contributed by atoms with van der Waals surface area (Å²) in [5.41, 5.74) is 0.0813. The first-order chi connectivity index (χ1) is 8.25. The normalized spacial score (nSPS) is 10.8. The van der Waals surface area contributed by atoms with Crippen molar-refractivity contribution in [2.75, 3.05) is 0 Å². The highest BCUT2D eigenvalue weighted by atomic mass is 16.4. The van der Waals surface area contributed by atoms with Gasteiger partial charge in [-0.2, -0.15) is 0 Å². The van der Waals surface area contributed by atoms with Gasteiger partial charge in [0.2, 0.25) is 0 Å². The number of hydrogen-bond acceptors (Lipinski definition) is 5. The Hall–Kier alpha value is -2.63. The molecule has 1 aromatic carbocycles. The van der Waals surface area contributed by atoms with Crippen molar-refractivity contribution in [3.8, 4) is 17.2 Å². The molecule has 6 heteroatoms. The van der Waals surface area contributed by atoms with Gasteiger partial charge in [0.1, 0.15) is 5.75 Å². The molecule has 0 aliphatic carbocycles. The first-order valence-electron chi connectivity index (χ1n) is 4.89. The summed E-state index contributed by atoms with van der Waals surface area (Å²) >= 11 is 0. The fraction of sp³-hybridized carbons (Fsp3) is 0. The van der Waals surface area contributed by atoms with E-state index in [0.29, 0.717) is 5.56 Å². The van der Waals surface area contributed by atoms with E-state index in [1.165, 1.54) is 18.3 Å². The molecular formula is C11H7N3O3. The Morgan fingerprint density at radius 1 is 1.24 bits per heavy atom. The first kappa shape index (κ1) is 9.59. The van der Waals surface area contributed by atoms with Crippen LogP contribution in [0.1, 0.15) is 0 Å². The summed E-state index contributed by atoms with van der Waals surface area (Å²) in [4.78, 5) is 15.3. The van der Waals surface area contributed by atoms with Crippen molar-refractivity contribution in [1.82, 2.24) is 14.6 Å². The molecule has 0 unspecified atom stereocenters. The molecule has 2 heterocycles. The molecule has 0 amide bonds. The van der Waals surface area contributed by atoms with Crippen LogP contribution in [-0.4, -0.2) is 19.7 Å². The Morgan fingerprint density at radius 3 is 2.82 bits per heavy atom. The minimum atomic E-state index is -0.333. The fourth-order valence-electron chi connectivity index (χ4n) is 1.51. The predicted molar refractivity (Wildman–Crippen MR) is 58.6 cm³/mol. The average Bonchev–Trinajstić information content (AvgIpc) is 2.75. The van der Waals surface area contributed by atoms with Crippen LogP contribution >= 0.6 is 0 Å². The van der Waals surface area contributed by atoms with Crippen LogP contribution in [0.25, 0.3) is 17.3 Å². The number of nitrogens with zero attached hydrogens (tertiary/aromatic N) is 3. The van der Waals surface area contributed by atoms with Gasteiger partial charge >= 0.3 is 5.84 Å². The van der Waals surface area contributed by atoms with Crippen molar-refractivity contribution in [1.29, 1.82) is 0 Å². The summed E-state index contributed by atoms with van der Waals surface area (Å²) in [5.74, 6) is 0.279. The third-order valence-corrected chi connectivity index (χ3v) is 2.31. The predicted octanol–water partition coefficient (Wildman–Crippen LogP) is 1.06. The number of fused-ring (bicyclic) bond motifs is 1. The largest absolute Gasteiger partial charge is 0.507 e. The van der Waals surface area contributed by atoms with Gasteiger partial charge in [0.25, 0.3) is 11.4 Å². The zero-order valence-corrected chi connectivity index (χ0v) is 8.57. The van der Waals surface area contributed by atoms with Gasteiger partial charge in [0.15, 0.2) is 0 Å². The van der Waals surface area contributed by atoms with Crippen molar-refractivity contribution in [2.24, 2.45) is 0 Å². The molecule has 6 nitrogen and oxygen atoms in total. The van der Waals surface area contributed by atoms with E-state index < -0.39 is 0 Å². The first-order valence-corrected chi connectivity index (χ1v) is 4.89. The molecule has 17 heavy (non-hydrogen) atoms. The van der Waals surface area contributed by atoms with Gasteiger partial charge in [-0.3, -0.25) is 4.79 Å². The topological polar surface area (TPSA) is 80.6 Å². The number of phenolic OH excluding ortho intramolecular Hbond substituents is 1. The maximum Gasteiger partial charge on any atom is 0.328 e. The number of benzene rings is 1. The summed E-state index contributed by atoms with van der Waals surface area (Å²) < 4.78 is 6.34. The third kappa shape index (κ3) is 1.46. The van der Waals surface area contributed by atoms with Crippen molar-refractivity contribution < 1.29 is 9.52 Å². The molecule has 1 N–H and O–H groups in total. The molecule has 3 rings (SSSR count). The fourth-order valence-corrected chi connectivity index (χ4v) is 1.51. The summed E-state index contributed by atoms with van der Waals surface area (Å²) in [7, 11) is 0. The second-order valence-electron chi connectivity index (χ2n) is 3.40. The summed E-state index contributed by atoms with van der Waals surface area (Å²) in [6.07, 6.45) is 1.34. The highest BCUT2D eigenvalue weighted by molar-refractivity contribution is 5.62. The second kappa shape index (κ2) is 3.44. The summed E-state index contributed by atoms with van der Waals surface area (Å²) in [6.45, 7) is 0. The van der Waals surface area contributed by atoms with E-state index >= 15 is 0 Å². The van der Waals surface area contributed by atoms with Crippen LogP contribution in [0.15, 0.2) is 45.7 Å². The van der Waals surface area contributed by atoms with E-state index in [1.807, 2.05) is 0 Å². The number of aromatic hydroxyl groups is 1. The van der Waals surface area contributed by atoms with Crippen LogP contribution in [0.5, 0.6) is 5.75 Å². The molecule has 2 aromatic heterocycles. The Balaban J connectivity index is 2.30. The van der Waals surface area contributed by atoms with Gasteiger partial charge in [-0.1, -0.05) is 12.1 Å². The molecule has 0 saturated carbocycles. The Bertz CT molecular complexity index is 745. The number of para-hydroxylation sites is 1. The molecule has 0 aliphatic heterocycles. The van der Waals surface area contributed by atoms with Gasteiger partial charge in [-0.05, 0) is 12.1 Å². The van der Waals surface area contributed by atoms with E-state index in [0.717, 1.165) is 4.52 Å². The average molecular weight is 229 g/mol. The quantitative estimate of drug-likeness (QED) is 0.674. The maximum atomic E-state index is 11.4. The molecule has 0 saturated heterocycles. The van der Waals surface area contributed by atoms with Crippen LogP contribution < -0.4 is 5.56 Å². The minimum absolute atomic E-state index is 0.0344. The van der Waals surface area contributed by atoms with Crippen LogP contribution in [0, 0.1) is 0 Å². The highest BCUT2D eigenvalue weighted by Crippen LogP contribution is 2.27. The van der Waals surface area contributed by atoms with E-state index in [-0.39, 0.29) is 23.0 Å². The van der Waals surface area contributed by atoms with Gasteiger partial charge in [0, 0.05) is 12.3 Å². The van der Waals surface area contributed by atoms with Crippen molar-refractivity contribution in [3.63, 3.8) is 0 Å². The highest BCUT2D eigenvalue weighted by Gasteiger charge is 2.12. The van der Waals surface area contributed by atoms with Crippen molar-refractivity contribution in [2.45, 2.75) is 0 Å². The second-order valence-corrected chi connectivity index (χ2v) is 3.40. The SMILES string of the molecule is O=c1ccnc2oc(-c3ccccc3O)nn12. The molecule has 0 aliphatic rings. The van der Waals surface area contributed by atoms with Crippen molar-refractivity contribution in [3.05, 3.63) is 46.9 Å². The molecule has 0 atom stereocenters. The summed E-state index contributed by atoms with van der Waals surface area (Å²) in [5, 5.41) is 13.6. The van der Waals surface area contributed by atoms with Gasteiger partial charge in [-0.25, -0.2) is 4.98 Å². The lowest BCUT2D eigenvalue weighted by molar-refractivity contribution is 0.474. The molecular weight excluding hydrogens is 222 g/mol. The van der Waals surface area contributed by atoms with Crippen LogP contribution in [-0.2, 0) is 0 Å². The smallest absolute Gasteiger partial charge is 0.328 e. The molecule has 0 radical (unpaired) electrons. The van der Waals surface area contributed by atoms with Crippen LogP contribution in [0.3, 0.4) is 0 Å². The third-order valence-electron chi connectivity index (χ3n) is 2.31. The molecule has 0 bridgehead atoms. The van der Waals surface area contributed by atoms with Crippen LogP contribution in [0.2, 0.25) is 0 Å². The maximum absolute atomic E-state index is 11.4. The van der Waals surface area contributed by atoms with E-state index in [9.17, 15) is 9.90 Å². The molecule has 84 valence electrons. The lowest BCUT2D eigenvalue weighted by Gasteiger charge is -1.96. The van der Waals surface area contributed by atoms with Gasteiger partial charge in [0.05, 0.1) is 5.56 Å². The Labute approximate surface area is 94.8 Å². The van der Waals surface area contributed by atoms with Gasteiger partial charge < -0.3 is 9.52 Å². The lowest BCUT2D eigenvalue weighted by atomic mass is 10.2. The molecule has 0 spiro atoms. The standard InChI is InChI=1S/C11H7N3O3/c15-8-4-2-1-3-7(8)10-13-14-9(16)5-6-12-11(14)17-10/h1-6,15H. The number of rotatable bonds is 1. The van der Waals surface area contributed by atoms with Crippen molar-refractivity contribution >= 4 is 5.84 Å². The number of aromatic nitrogens is 3. The Morgan fingerprint density at radius 2 is 2.06 bits per heavy atom.